The SMILES string of the molecule is COc1cc(C(=O)N2CC(F)(F)C[C@H]2C(=O)N2CCC[C@H]2C#N)cc(OC)c1OC1OC1c1ccccc1. The monoisotopic (exact) mass is 527 g/mol. The minimum absolute atomic E-state index is 0.00358. The molecule has 3 aliphatic rings. The molecule has 3 fully saturated rings. The lowest BCUT2D eigenvalue weighted by Crippen LogP contribution is -2.49. The maximum atomic E-state index is 14.5. The van der Waals surface area contributed by atoms with Crippen molar-refractivity contribution < 1.29 is 37.3 Å². The first-order valence-corrected chi connectivity index (χ1v) is 12.3. The van der Waals surface area contributed by atoms with Crippen molar-refractivity contribution in [3.63, 3.8) is 0 Å². The number of benzene rings is 2. The number of halogens is 2. The van der Waals surface area contributed by atoms with Gasteiger partial charge >= 0.3 is 0 Å². The molecule has 3 heterocycles. The van der Waals surface area contributed by atoms with Crippen LogP contribution in [0.1, 0.15) is 41.3 Å². The van der Waals surface area contributed by atoms with Crippen LogP contribution in [0.25, 0.3) is 0 Å². The summed E-state index contributed by atoms with van der Waals surface area (Å²) in [6, 6.07) is 12.2. The lowest BCUT2D eigenvalue weighted by Gasteiger charge is -2.29. The molecule has 0 aliphatic carbocycles. The fourth-order valence-corrected chi connectivity index (χ4v) is 5.08. The Hall–Kier alpha value is -3.91. The summed E-state index contributed by atoms with van der Waals surface area (Å²) >= 11 is 0. The quantitative estimate of drug-likeness (QED) is 0.507. The molecule has 2 aromatic carbocycles. The summed E-state index contributed by atoms with van der Waals surface area (Å²) in [5, 5.41) is 9.35. The Bertz CT molecular complexity index is 1240. The van der Waals surface area contributed by atoms with Crippen LogP contribution in [-0.4, -0.2) is 73.2 Å². The molecule has 0 spiro atoms. The van der Waals surface area contributed by atoms with Crippen LogP contribution >= 0.6 is 0 Å². The van der Waals surface area contributed by atoms with Crippen LogP contribution in [0.15, 0.2) is 42.5 Å². The van der Waals surface area contributed by atoms with Gasteiger partial charge in [-0.15, -0.1) is 0 Å². The standard InChI is InChI=1S/C27H27F2N3O6/c1-35-20-11-17(12-21(36-2)23(20)38-26-22(37-26)16-7-4-3-5-8-16)24(33)32-15-27(28,29)13-19(32)25(34)31-10-6-9-18(31)14-30/h3-5,7-8,11-12,18-19,22,26H,6,9-10,13,15H2,1-2H3/t18-,19-,22?,26?/m0/s1. The van der Waals surface area contributed by atoms with Crippen molar-refractivity contribution in [3.8, 4) is 23.3 Å². The molecule has 9 nitrogen and oxygen atoms in total. The van der Waals surface area contributed by atoms with E-state index < -0.39 is 49.1 Å². The highest BCUT2D eigenvalue weighted by Crippen LogP contribution is 2.46. The van der Waals surface area contributed by atoms with Gasteiger partial charge in [0.05, 0.1) is 26.8 Å². The number of amides is 2. The number of nitrogens with zero attached hydrogens (tertiary/aromatic N) is 3. The minimum atomic E-state index is -3.25. The predicted molar refractivity (Wildman–Crippen MR) is 129 cm³/mol. The first-order valence-electron chi connectivity index (χ1n) is 12.3. The number of carbonyl (C=O) groups is 2. The predicted octanol–water partition coefficient (Wildman–Crippen LogP) is 3.54. The highest BCUT2D eigenvalue weighted by molar-refractivity contribution is 5.99. The van der Waals surface area contributed by atoms with Crippen LogP contribution in [0.3, 0.4) is 0 Å². The molecule has 11 heteroatoms. The Morgan fingerprint density at radius 3 is 2.42 bits per heavy atom. The first kappa shape index (κ1) is 25.7. The maximum absolute atomic E-state index is 14.5. The molecular weight excluding hydrogens is 500 g/mol. The molecule has 5 rings (SSSR count). The molecule has 2 unspecified atom stereocenters. The second-order valence-electron chi connectivity index (χ2n) is 9.49. The van der Waals surface area contributed by atoms with Gasteiger partial charge in [0.1, 0.15) is 18.2 Å². The summed E-state index contributed by atoms with van der Waals surface area (Å²) in [6.07, 6.45) is -0.609. The van der Waals surface area contributed by atoms with E-state index in [0.717, 1.165) is 10.5 Å². The average molecular weight is 528 g/mol. The van der Waals surface area contributed by atoms with Crippen LogP contribution < -0.4 is 14.2 Å². The minimum Gasteiger partial charge on any atom is -0.493 e. The number of hydrogen-bond acceptors (Lipinski definition) is 7. The third-order valence-corrected chi connectivity index (χ3v) is 7.02. The van der Waals surface area contributed by atoms with Crippen molar-refractivity contribution in [2.45, 2.75) is 49.7 Å². The van der Waals surface area contributed by atoms with Gasteiger partial charge in [-0.05, 0) is 30.5 Å². The summed E-state index contributed by atoms with van der Waals surface area (Å²) in [4.78, 5) is 28.9. The molecule has 0 N–H and O–H groups in total. The van der Waals surface area contributed by atoms with Gasteiger partial charge in [0.25, 0.3) is 11.8 Å². The Morgan fingerprint density at radius 2 is 1.79 bits per heavy atom. The van der Waals surface area contributed by atoms with Crippen molar-refractivity contribution in [1.29, 1.82) is 5.26 Å². The van der Waals surface area contributed by atoms with Gasteiger partial charge in [-0.25, -0.2) is 8.78 Å². The summed E-state index contributed by atoms with van der Waals surface area (Å²) < 4.78 is 51.5. The zero-order chi connectivity index (χ0) is 27.0. The number of nitriles is 1. The Morgan fingerprint density at radius 1 is 1.11 bits per heavy atom. The lowest BCUT2D eigenvalue weighted by atomic mass is 10.1. The molecule has 200 valence electrons. The number of ether oxygens (including phenoxy) is 4. The summed E-state index contributed by atoms with van der Waals surface area (Å²) in [5.74, 6) is -4.17. The second-order valence-corrected chi connectivity index (χ2v) is 9.49. The number of likely N-dealkylation sites (tertiary alicyclic amines) is 2. The van der Waals surface area contributed by atoms with Gasteiger partial charge < -0.3 is 28.7 Å². The molecule has 2 aromatic rings. The topological polar surface area (TPSA) is 105 Å². The number of methoxy groups -OCH3 is 2. The summed E-state index contributed by atoms with van der Waals surface area (Å²) in [7, 11) is 2.76. The van der Waals surface area contributed by atoms with Gasteiger partial charge in [0.15, 0.2) is 11.5 Å². The molecule has 0 saturated carbocycles. The van der Waals surface area contributed by atoms with Crippen molar-refractivity contribution >= 4 is 11.8 Å². The molecule has 3 aliphatic heterocycles. The second kappa shape index (κ2) is 10.1. The molecule has 3 saturated heterocycles. The van der Waals surface area contributed by atoms with Crippen LogP contribution in [0, 0.1) is 11.3 Å². The third-order valence-electron chi connectivity index (χ3n) is 7.02. The summed E-state index contributed by atoms with van der Waals surface area (Å²) in [6.45, 7) is -0.618. The molecule has 0 radical (unpaired) electrons. The van der Waals surface area contributed by atoms with E-state index in [1.807, 2.05) is 36.4 Å². The van der Waals surface area contributed by atoms with Crippen molar-refractivity contribution in [3.05, 3.63) is 53.6 Å². The van der Waals surface area contributed by atoms with Gasteiger partial charge in [0.2, 0.25) is 17.9 Å². The molecule has 2 amide bonds. The molecule has 0 bridgehead atoms. The average Bonchev–Trinajstić information content (AvgIpc) is 3.38. The highest BCUT2D eigenvalue weighted by atomic mass is 19.3. The fraction of sp³-hybridized carbons (Fsp3) is 0.444. The lowest BCUT2D eigenvalue weighted by molar-refractivity contribution is -0.135. The summed E-state index contributed by atoms with van der Waals surface area (Å²) in [5.41, 5.74) is 0.931. The number of alkyl halides is 2. The van der Waals surface area contributed by atoms with E-state index in [4.69, 9.17) is 18.9 Å². The Labute approximate surface area is 218 Å². The van der Waals surface area contributed by atoms with E-state index in [2.05, 4.69) is 0 Å². The smallest absolute Gasteiger partial charge is 0.267 e. The van der Waals surface area contributed by atoms with Crippen molar-refractivity contribution in [2.75, 3.05) is 27.3 Å². The molecule has 4 atom stereocenters. The number of rotatable bonds is 7. The van der Waals surface area contributed by atoms with E-state index in [0.29, 0.717) is 19.4 Å². The van der Waals surface area contributed by atoms with E-state index in [1.165, 1.54) is 31.3 Å². The maximum Gasteiger partial charge on any atom is 0.267 e. The molecule has 38 heavy (non-hydrogen) atoms. The van der Waals surface area contributed by atoms with Crippen LogP contribution in [-0.2, 0) is 9.53 Å². The third kappa shape index (κ3) is 4.84. The molecular formula is C27H27F2N3O6. The van der Waals surface area contributed by atoms with Crippen LogP contribution in [0.5, 0.6) is 17.2 Å². The van der Waals surface area contributed by atoms with Gasteiger partial charge in [0, 0.05) is 18.5 Å². The number of epoxide rings is 1. The van der Waals surface area contributed by atoms with Crippen molar-refractivity contribution in [1.82, 2.24) is 9.80 Å². The van der Waals surface area contributed by atoms with Crippen LogP contribution in [0.2, 0.25) is 0 Å². The highest BCUT2D eigenvalue weighted by Gasteiger charge is 2.52. The zero-order valence-electron chi connectivity index (χ0n) is 20.9. The van der Waals surface area contributed by atoms with E-state index >= 15 is 0 Å². The van der Waals surface area contributed by atoms with Gasteiger partial charge in [-0.2, -0.15) is 5.26 Å². The zero-order valence-corrected chi connectivity index (χ0v) is 20.9. The van der Waals surface area contributed by atoms with E-state index in [-0.39, 0.29) is 28.9 Å². The van der Waals surface area contributed by atoms with Crippen LogP contribution in [0.4, 0.5) is 8.78 Å². The molecule has 0 aromatic heterocycles. The normalized spacial score (nSPS) is 25.6. The first-order chi connectivity index (χ1) is 18.3. The largest absolute Gasteiger partial charge is 0.493 e. The van der Waals surface area contributed by atoms with Gasteiger partial charge in [-0.3, -0.25) is 9.59 Å². The Balaban J connectivity index is 1.39. The fourth-order valence-electron chi connectivity index (χ4n) is 5.08. The van der Waals surface area contributed by atoms with E-state index in [9.17, 15) is 23.6 Å². The van der Waals surface area contributed by atoms with Crippen molar-refractivity contribution in [2.24, 2.45) is 0 Å². The van der Waals surface area contributed by atoms with Gasteiger partial charge in [-0.1, -0.05) is 30.3 Å². The number of carbonyl (C=O) groups excluding carboxylic acids is 2. The van der Waals surface area contributed by atoms with E-state index in [1.54, 1.807) is 0 Å². The Kier molecular flexibility index (Phi) is 6.84. The number of hydrogen-bond donors (Lipinski definition) is 0.